The highest BCUT2D eigenvalue weighted by Gasteiger charge is 2.76. The van der Waals surface area contributed by atoms with Gasteiger partial charge in [-0.3, -0.25) is 19.2 Å². The summed E-state index contributed by atoms with van der Waals surface area (Å²) in [6, 6.07) is 30.8. The van der Waals surface area contributed by atoms with Crippen molar-refractivity contribution >= 4 is 23.9 Å². The molecule has 3 saturated heterocycles. The Morgan fingerprint density at radius 1 is 0.895 bits per heavy atom. The number of benzene rings is 4. The van der Waals surface area contributed by atoms with Crippen LogP contribution in [0.3, 0.4) is 0 Å². The smallest absolute Gasteiger partial charge is 0.327 e. The fourth-order valence-electron chi connectivity index (χ4n) is 8.66. The third kappa shape index (κ3) is 6.90. The Kier molecular flexibility index (Phi) is 10.7. The first kappa shape index (κ1) is 38.5. The molecule has 1 aliphatic carbocycles. The number of aliphatic hydroxyl groups is 2. The van der Waals surface area contributed by atoms with Gasteiger partial charge in [-0.05, 0) is 36.1 Å². The zero-order chi connectivity index (χ0) is 39.7. The number of carbonyl (C=O) groups excluding carboxylic acids is 3. The maximum atomic E-state index is 15.0. The maximum Gasteiger partial charge on any atom is 0.327 e. The van der Waals surface area contributed by atoms with Crippen molar-refractivity contribution in [3.05, 3.63) is 143 Å². The molecule has 8 unspecified atom stereocenters. The van der Waals surface area contributed by atoms with E-state index in [2.05, 4.69) is 10.6 Å². The van der Waals surface area contributed by atoms with Crippen LogP contribution in [-0.2, 0) is 52.2 Å². The van der Waals surface area contributed by atoms with Crippen LogP contribution in [0, 0.1) is 5.41 Å². The summed E-state index contributed by atoms with van der Waals surface area (Å²) in [5.74, 6) is -3.35. The number of nitrogens with one attached hydrogen (secondary N) is 2. The normalized spacial score (nSPS) is 27.0. The first-order valence-electron chi connectivity index (χ1n) is 19.2. The molecular weight excluding hydrogens is 730 g/mol. The number of phenols is 1. The van der Waals surface area contributed by atoms with E-state index >= 15 is 0 Å². The molecule has 8 rings (SSSR count). The SMILES string of the molecule is CC(O)C(NC(=O)C12CC3OC(=O)C1N(Cc1ccccc1C=CCc1ccccc1O)OC2C1OC(c2ccccc2)(c2ccccc2)OC31)C(=O)NCCO. The molecule has 13 nitrogen and oxygen atoms in total. The van der Waals surface area contributed by atoms with E-state index in [4.69, 9.17) is 19.0 Å². The second-order valence-electron chi connectivity index (χ2n) is 14.9. The first-order valence-corrected chi connectivity index (χ1v) is 19.2. The summed E-state index contributed by atoms with van der Waals surface area (Å²) in [4.78, 5) is 49.4. The van der Waals surface area contributed by atoms with Gasteiger partial charge in [0.25, 0.3) is 0 Å². The molecule has 1 saturated carbocycles. The summed E-state index contributed by atoms with van der Waals surface area (Å²) in [7, 11) is 0. The molecule has 4 aliphatic rings. The predicted molar refractivity (Wildman–Crippen MR) is 206 cm³/mol. The Hall–Kier alpha value is -5.41. The number of ether oxygens (including phenoxy) is 3. The highest BCUT2D eigenvalue weighted by molar-refractivity contribution is 5.96. The number of rotatable bonds is 13. The lowest BCUT2D eigenvalue weighted by atomic mass is 9.62. The first-order chi connectivity index (χ1) is 27.7. The summed E-state index contributed by atoms with van der Waals surface area (Å²) in [6.45, 7) is 1.01. The number of phenolic OH excluding ortho intramolecular Hbond substituents is 1. The number of hydrogen-bond donors (Lipinski definition) is 5. The Morgan fingerprint density at radius 2 is 1.53 bits per heavy atom. The van der Waals surface area contributed by atoms with Gasteiger partial charge in [-0.25, -0.2) is 0 Å². The number of para-hydroxylation sites is 1. The van der Waals surface area contributed by atoms with Crippen molar-refractivity contribution in [1.29, 1.82) is 0 Å². The molecule has 8 atom stereocenters. The molecule has 4 aromatic rings. The molecular formula is C44H45N3O10. The van der Waals surface area contributed by atoms with Gasteiger partial charge in [-0.15, -0.1) is 0 Å². The monoisotopic (exact) mass is 775 g/mol. The van der Waals surface area contributed by atoms with Crippen LogP contribution in [-0.4, -0.2) is 93.9 Å². The second-order valence-corrected chi connectivity index (χ2v) is 14.9. The topological polar surface area (TPSA) is 176 Å². The molecule has 296 valence electrons. The van der Waals surface area contributed by atoms with Crippen LogP contribution in [0.5, 0.6) is 5.75 Å². The number of esters is 1. The number of fused-ring (bicyclic) bond motifs is 4. The number of aromatic hydroxyl groups is 1. The number of amides is 2. The van der Waals surface area contributed by atoms with E-state index in [1.807, 2.05) is 109 Å². The number of carbonyl (C=O) groups is 3. The summed E-state index contributed by atoms with van der Waals surface area (Å²) < 4.78 is 20.1. The van der Waals surface area contributed by atoms with E-state index in [0.717, 1.165) is 16.7 Å². The molecule has 0 spiro atoms. The number of allylic oxidation sites excluding steroid dienone is 1. The van der Waals surface area contributed by atoms with E-state index in [9.17, 15) is 29.7 Å². The van der Waals surface area contributed by atoms with Gasteiger partial charge in [0.1, 0.15) is 41.6 Å². The highest BCUT2D eigenvalue weighted by atomic mass is 16.8. The Labute approximate surface area is 329 Å². The van der Waals surface area contributed by atoms with E-state index in [-0.39, 0.29) is 31.9 Å². The second kappa shape index (κ2) is 15.9. The van der Waals surface area contributed by atoms with Crippen LogP contribution in [0.4, 0.5) is 0 Å². The molecule has 3 aliphatic heterocycles. The fraction of sp³-hybridized carbons (Fsp3) is 0.341. The van der Waals surface area contributed by atoms with Crippen LogP contribution >= 0.6 is 0 Å². The summed E-state index contributed by atoms with van der Waals surface area (Å²) in [5, 5.41) is 37.1. The lowest BCUT2D eigenvalue weighted by Crippen LogP contribution is -2.71. The lowest BCUT2D eigenvalue weighted by Gasteiger charge is -2.49. The Bertz CT molecular complexity index is 2090. The quantitative estimate of drug-likeness (QED) is 0.126. The zero-order valence-corrected chi connectivity index (χ0v) is 31.3. The minimum Gasteiger partial charge on any atom is -0.508 e. The zero-order valence-electron chi connectivity index (χ0n) is 31.3. The van der Waals surface area contributed by atoms with Crippen molar-refractivity contribution in [2.45, 2.75) is 74.7 Å². The molecule has 4 fully saturated rings. The van der Waals surface area contributed by atoms with Crippen molar-refractivity contribution in [2.75, 3.05) is 13.2 Å². The average molecular weight is 776 g/mol. The third-order valence-electron chi connectivity index (χ3n) is 11.4. The van der Waals surface area contributed by atoms with Crippen molar-refractivity contribution in [3.63, 3.8) is 0 Å². The standard InChI is InChI=1S/C44H45N3O10/c1-27(49)35(40(51)45-23-24-48)46-42(53)43-25-34-36-37(56-44(55-36,31-18-4-2-5-19-31)32-20-6-3-7-21-32)39(43)57-47(38(43)41(52)54-34)26-30-15-9-8-13-28(30)16-12-17-29-14-10-11-22-33(29)50/h2-16,18-22,27,34-39,48-50H,17,23-26H2,1H3,(H,45,51)(H,46,53). The van der Waals surface area contributed by atoms with Gasteiger partial charge >= 0.3 is 5.97 Å². The predicted octanol–water partition coefficient (Wildman–Crippen LogP) is 3.11. The molecule has 3 heterocycles. The summed E-state index contributed by atoms with van der Waals surface area (Å²) in [6.07, 6.45) is -0.847. The summed E-state index contributed by atoms with van der Waals surface area (Å²) >= 11 is 0. The third-order valence-corrected chi connectivity index (χ3v) is 11.4. The van der Waals surface area contributed by atoms with Gasteiger partial charge < -0.3 is 40.2 Å². The van der Waals surface area contributed by atoms with Gasteiger partial charge in [-0.1, -0.05) is 115 Å². The van der Waals surface area contributed by atoms with Gasteiger partial charge in [0.2, 0.25) is 17.6 Å². The van der Waals surface area contributed by atoms with E-state index in [0.29, 0.717) is 17.5 Å². The molecule has 57 heavy (non-hydrogen) atoms. The molecule has 2 bridgehead atoms. The van der Waals surface area contributed by atoms with Gasteiger partial charge in [0.15, 0.2) is 6.04 Å². The number of nitrogens with zero attached hydrogens (tertiary/aromatic N) is 1. The molecule has 2 amide bonds. The van der Waals surface area contributed by atoms with Crippen molar-refractivity contribution < 1.29 is 48.8 Å². The largest absolute Gasteiger partial charge is 0.508 e. The van der Waals surface area contributed by atoms with Gasteiger partial charge in [0, 0.05) is 24.1 Å². The highest BCUT2D eigenvalue weighted by Crippen LogP contribution is 2.59. The average Bonchev–Trinajstić information content (AvgIpc) is 3.81. The van der Waals surface area contributed by atoms with Crippen molar-refractivity contribution in [3.8, 4) is 5.75 Å². The van der Waals surface area contributed by atoms with E-state index in [1.165, 1.54) is 12.0 Å². The number of aliphatic hydroxyl groups excluding tert-OH is 2. The summed E-state index contributed by atoms with van der Waals surface area (Å²) in [5.41, 5.74) is 2.09. The van der Waals surface area contributed by atoms with Crippen LogP contribution in [0.2, 0.25) is 0 Å². The van der Waals surface area contributed by atoms with E-state index < -0.39 is 71.6 Å². The number of hydroxylamine groups is 2. The van der Waals surface area contributed by atoms with Crippen LogP contribution in [0.15, 0.2) is 115 Å². The molecule has 13 heteroatoms. The van der Waals surface area contributed by atoms with Crippen LogP contribution in [0.25, 0.3) is 6.08 Å². The van der Waals surface area contributed by atoms with Gasteiger partial charge in [-0.2, -0.15) is 5.06 Å². The minimum atomic E-state index is -1.66. The number of hydrogen-bond acceptors (Lipinski definition) is 11. The van der Waals surface area contributed by atoms with Crippen molar-refractivity contribution in [2.24, 2.45) is 5.41 Å². The Morgan fingerprint density at radius 3 is 2.19 bits per heavy atom. The molecule has 0 radical (unpaired) electrons. The lowest BCUT2D eigenvalue weighted by molar-refractivity contribution is -0.213. The van der Waals surface area contributed by atoms with Crippen LogP contribution in [0.1, 0.15) is 41.2 Å². The van der Waals surface area contributed by atoms with E-state index in [1.54, 1.807) is 12.1 Å². The Balaban J connectivity index is 1.19. The van der Waals surface area contributed by atoms with Crippen LogP contribution < -0.4 is 10.6 Å². The maximum absolute atomic E-state index is 15.0. The van der Waals surface area contributed by atoms with Crippen molar-refractivity contribution in [1.82, 2.24) is 15.7 Å². The van der Waals surface area contributed by atoms with Gasteiger partial charge in [0.05, 0.1) is 19.3 Å². The fourth-order valence-corrected chi connectivity index (χ4v) is 8.66. The molecule has 5 N–H and O–H groups in total. The molecule has 4 aromatic carbocycles. The molecule has 0 aromatic heterocycles. The minimum absolute atomic E-state index is 0.0203.